The molecule has 86 valence electrons. The Labute approximate surface area is 96.7 Å². The Morgan fingerprint density at radius 2 is 2.27 bits per heavy atom. The predicted octanol–water partition coefficient (Wildman–Crippen LogP) is 3.13. The van der Waals surface area contributed by atoms with Gasteiger partial charge in [0, 0.05) is 29.5 Å². The molecule has 1 aromatic heterocycles. The van der Waals surface area contributed by atoms with Gasteiger partial charge in [-0.2, -0.15) is 0 Å². The lowest BCUT2D eigenvalue weighted by molar-refractivity contribution is 0.189. The number of thiophene rings is 1. The normalized spacial score (nSPS) is 13.0. The zero-order valence-electron chi connectivity index (χ0n) is 9.88. The van der Waals surface area contributed by atoms with E-state index in [1.807, 2.05) is 11.3 Å². The topological polar surface area (TPSA) is 21.3 Å². The third-order valence-electron chi connectivity index (χ3n) is 2.40. The third kappa shape index (κ3) is 4.33. The first-order valence-corrected chi connectivity index (χ1v) is 6.38. The van der Waals surface area contributed by atoms with Gasteiger partial charge in [0.05, 0.1) is 0 Å². The van der Waals surface area contributed by atoms with Crippen LogP contribution in [-0.2, 0) is 4.74 Å². The molecule has 0 aliphatic carbocycles. The van der Waals surface area contributed by atoms with Gasteiger partial charge in [0.2, 0.25) is 0 Å². The van der Waals surface area contributed by atoms with E-state index in [9.17, 15) is 0 Å². The van der Waals surface area contributed by atoms with Gasteiger partial charge in [0.15, 0.2) is 0 Å². The highest BCUT2D eigenvalue weighted by Gasteiger charge is 2.11. The maximum atomic E-state index is 5.09. The zero-order chi connectivity index (χ0) is 11.1. The Balaban J connectivity index is 2.49. The molecule has 0 aromatic carbocycles. The molecule has 1 N–H and O–H groups in total. The van der Waals surface area contributed by atoms with E-state index in [4.69, 9.17) is 4.74 Å². The van der Waals surface area contributed by atoms with Crippen molar-refractivity contribution < 1.29 is 4.74 Å². The highest BCUT2D eigenvalue weighted by Crippen LogP contribution is 2.25. The predicted molar refractivity (Wildman–Crippen MR) is 66.6 cm³/mol. The number of hydrogen-bond donors (Lipinski definition) is 1. The van der Waals surface area contributed by atoms with Crippen LogP contribution in [0.2, 0.25) is 0 Å². The van der Waals surface area contributed by atoms with Gasteiger partial charge in [-0.15, -0.1) is 11.3 Å². The summed E-state index contributed by atoms with van der Waals surface area (Å²) < 4.78 is 5.09. The van der Waals surface area contributed by atoms with Gasteiger partial charge < -0.3 is 10.1 Å². The van der Waals surface area contributed by atoms with Crippen LogP contribution in [0.5, 0.6) is 0 Å². The maximum Gasteiger partial charge on any atom is 0.0462 e. The summed E-state index contributed by atoms with van der Waals surface area (Å²) >= 11 is 1.89. The summed E-state index contributed by atoms with van der Waals surface area (Å²) in [7, 11) is 1.76. The second kappa shape index (κ2) is 6.99. The molecule has 1 rings (SSSR count). The Bertz CT molecular complexity index is 272. The summed E-state index contributed by atoms with van der Waals surface area (Å²) in [6, 6.07) is 4.93. The van der Waals surface area contributed by atoms with Gasteiger partial charge in [-0.1, -0.05) is 6.92 Å². The van der Waals surface area contributed by atoms with Crippen LogP contribution in [0.4, 0.5) is 0 Å². The fourth-order valence-electron chi connectivity index (χ4n) is 1.66. The van der Waals surface area contributed by atoms with Crippen LogP contribution < -0.4 is 5.32 Å². The number of ether oxygens (including phenoxy) is 1. The van der Waals surface area contributed by atoms with E-state index in [-0.39, 0.29) is 0 Å². The molecule has 0 fully saturated rings. The fraction of sp³-hybridized carbons (Fsp3) is 0.667. The molecule has 2 nitrogen and oxygen atoms in total. The Hall–Kier alpha value is -0.380. The van der Waals surface area contributed by atoms with E-state index in [0.717, 1.165) is 26.0 Å². The number of nitrogens with one attached hydrogen (secondary N) is 1. The Kier molecular flexibility index (Phi) is 5.91. The lowest BCUT2D eigenvalue weighted by Gasteiger charge is -2.15. The molecule has 0 radical (unpaired) electrons. The van der Waals surface area contributed by atoms with Crippen LogP contribution in [0.15, 0.2) is 12.1 Å². The van der Waals surface area contributed by atoms with Gasteiger partial charge in [0.1, 0.15) is 0 Å². The van der Waals surface area contributed by atoms with Crippen molar-refractivity contribution in [2.24, 2.45) is 0 Å². The first-order chi connectivity index (χ1) is 7.27. The first-order valence-electron chi connectivity index (χ1n) is 5.56. The van der Waals surface area contributed by atoms with E-state index in [1.165, 1.54) is 9.75 Å². The summed E-state index contributed by atoms with van der Waals surface area (Å²) in [6.45, 7) is 6.19. The summed E-state index contributed by atoms with van der Waals surface area (Å²) in [4.78, 5) is 2.84. The molecule has 1 aromatic rings. The molecule has 0 bridgehead atoms. The summed E-state index contributed by atoms with van der Waals surface area (Å²) in [5, 5.41) is 3.53. The minimum absolute atomic E-state index is 0.504. The molecule has 1 heterocycles. The maximum absolute atomic E-state index is 5.09. The van der Waals surface area contributed by atoms with Crippen LogP contribution in [0.3, 0.4) is 0 Å². The van der Waals surface area contributed by atoms with E-state index >= 15 is 0 Å². The summed E-state index contributed by atoms with van der Waals surface area (Å²) in [6.07, 6.45) is 2.27. The molecule has 0 aliphatic rings. The molecule has 0 spiro atoms. The van der Waals surface area contributed by atoms with Crippen LogP contribution >= 0.6 is 11.3 Å². The smallest absolute Gasteiger partial charge is 0.0462 e. The summed E-state index contributed by atoms with van der Waals surface area (Å²) in [5.41, 5.74) is 0. The number of hydrogen-bond acceptors (Lipinski definition) is 3. The minimum Gasteiger partial charge on any atom is -0.385 e. The van der Waals surface area contributed by atoms with Gasteiger partial charge in [-0.05, 0) is 38.4 Å². The molecule has 0 saturated carbocycles. The molecule has 0 aliphatic heterocycles. The van der Waals surface area contributed by atoms with Gasteiger partial charge in [-0.3, -0.25) is 0 Å². The molecular formula is C12H21NOS. The van der Waals surface area contributed by atoms with Crippen LogP contribution in [0.25, 0.3) is 0 Å². The zero-order valence-corrected chi connectivity index (χ0v) is 10.7. The third-order valence-corrected chi connectivity index (χ3v) is 3.51. The molecule has 15 heavy (non-hydrogen) atoms. The van der Waals surface area contributed by atoms with Crippen molar-refractivity contribution in [2.75, 3.05) is 20.3 Å². The number of rotatable bonds is 7. The number of aryl methyl sites for hydroxylation is 1. The average molecular weight is 227 g/mol. The molecule has 1 unspecified atom stereocenters. The largest absolute Gasteiger partial charge is 0.385 e. The van der Waals surface area contributed by atoms with Crippen molar-refractivity contribution in [3.05, 3.63) is 21.9 Å². The first kappa shape index (κ1) is 12.7. The molecule has 3 heteroatoms. The van der Waals surface area contributed by atoms with Crippen LogP contribution in [-0.4, -0.2) is 20.3 Å². The standard InChI is InChI=1S/C12H21NOS/c1-4-13-11(6-5-9-14-3)12-8-7-10(2)15-12/h7-8,11,13H,4-6,9H2,1-3H3. The van der Waals surface area contributed by atoms with Crippen molar-refractivity contribution in [1.82, 2.24) is 5.32 Å². The van der Waals surface area contributed by atoms with Crippen molar-refractivity contribution in [1.29, 1.82) is 0 Å². The quantitative estimate of drug-likeness (QED) is 0.723. The molecule has 0 amide bonds. The SMILES string of the molecule is CCNC(CCCOC)c1ccc(C)s1. The van der Waals surface area contributed by atoms with Crippen molar-refractivity contribution in [2.45, 2.75) is 32.7 Å². The van der Waals surface area contributed by atoms with E-state index < -0.39 is 0 Å². The second-order valence-corrected chi connectivity index (χ2v) is 5.01. The van der Waals surface area contributed by atoms with Crippen molar-refractivity contribution >= 4 is 11.3 Å². The number of methoxy groups -OCH3 is 1. The van der Waals surface area contributed by atoms with Gasteiger partial charge in [0.25, 0.3) is 0 Å². The summed E-state index contributed by atoms with van der Waals surface area (Å²) in [5.74, 6) is 0. The lowest BCUT2D eigenvalue weighted by atomic mass is 10.1. The van der Waals surface area contributed by atoms with E-state index in [2.05, 4.69) is 31.3 Å². The van der Waals surface area contributed by atoms with E-state index in [1.54, 1.807) is 7.11 Å². The molecule has 0 saturated heterocycles. The van der Waals surface area contributed by atoms with Gasteiger partial charge in [-0.25, -0.2) is 0 Å². The Morgan fingerprint density at radius 3 is 2.80 bits per heavy atom. The highest BCUT2D eigenvalue weighted by atomic mass is 32.1. The van der Waals surface area contributed by atoms with Crippen molar-refractivity contribution in [3.8, 4) is 0 Å². The van der Waals surface area contributed by atoms with Gasteiger partial charge >= 0.3 is 0 Å². The highest BCUT2D eigenvalue weighted by molar-refractivity contribution is 7.12. The van der Waals surface area contributed by atoms with Crippen LogP contribution in [0.1, 0.15) is 35.6 Å². The van der Waals surface area contributed by atoms with E-state index in [0.29, 0.717) is 6.04 Å². The minimum atomic E-state index is 0.504. The monoisotopic (exact) mass is 227 g/mol. The molecule has 1 atom stereocenters. The Morgan fingerprint density at radius 1 is 1.47 bits per heavy atom. The van der Waals surface area contributed by atoms with Crippen molar-refractivity contribution in [3.63, 3.8) is 0 Å². The fourth-order valence-corrected chi connectivity index (χ4v) is 2.65. The average Bonchev–Trinajstić information content (AvgIpc) is 2.64. The lowest BCUT2D eigenvalue weighted by Crippen LogP contribution is -2.20. The second-order valence-electron chi connectivity index (χ2n) is 3.69. The van der Waals surface area contributed by atoms with Crippen LogP contribution in [0, 0.1) is 6.92 Å². The molecular weight excluding hydrogens is 206 g/mol.